The SMILES string of the molecule is Cc1ccc(NC(=O)NC2CN(c3ccc([C@H]4CCC(=O)NC4=O)c(Cl)c3)C2)cc1Cl. The molecular weight excluding hydrogens is 439 g/mol. The summed E-state index contributed by atoms with van der Waals surface area (Å²) in [7, 11) is 0. The molecule has 2 aliphatic rings. The van der Waals surface area contributed by atoms with Crippen molar-refractivity contribution in [1.29, 1.82) is 0 Å². The molecule has 9 heteroatoms. The van der Waals surface area contributed by atoms with Crippen LogP contribution in [0.3, 0.4) is 0 Å². The summed E-state index contributed by atoms with van der Waals surface area (Å²) in [5.74, 6) is -0.966. The molecule has 0 saturated carbocycles. The van der Waals surface area contributed by atoms with E-state index in [0.717, 1.165) is 16.8 Å². The van der Waals surface area contributed by atoms with Crippen LogP contribution in [0.2, 0.25) is 10.0 Å². The second kappa shape index (κ2) is 8.77. The summed E-state index contributed by atoms with van der Waals surface area (Å²) in [6.45, 7) is 3.20. The number of benzene rings is 2. The molecule has 2 aromatic carbocycles. The molecule has 31 heavy (non-hydrogen) atoms. The molecule has 0 radical (unpaired) electrons. The maximum atomic E-state index is 12.2. The average molecular weight is 461 g/mol. The third-order valence-corrected chi connectivity index (χ3v) is 6.34. The van der Waals surface area contributed by atoms with Crippen LogP contribution in [0.5, 0.6) is 0 Å². The van der Waals surface area contributed by atoms with E-state index in [4.69, 9.17) is 23.2 Å². The summed E-state index contributed by atoms with van der Waals surface area (Å²) < 4.78 is 0. The molecule has 0 aliphatic carbocycles. The number of hydrogen-bond acceptors (Lipinski definition) is 4. The van der Waals surface area contributed by atoms with Crippen molar-refractivity contribution in [2.45, 2.75) is 31.7 Å². The number of nitrogens with zero attached hydrogens (tertiary/aromatic N) is 1. The smallest absolute Gasteiger partial charge is 0.319 e. The van der Waals surface area contributed by atoms with E-state index in [9.17, 15) is 14.4 Å². The standard InChI is InChI=1S/C22H22Cl2N4O3/c1-12-2-3-13(8-18(12)23)25-22(31)26-14-10-28(11-14)15-4-5-16(19(24)9-15)17-6-7-20(29)27-21(17)30/h2-5,8-9,14,17H,6-7,10-11H2,1H3,(H2,25,26,31)(H,27,29,30)/t17-/m1/s1. The Morgan fingerprint density at radius 3 is 2.55 bits per heavy atom. The number of nitrogens with one attached hydrogen (secondary N) is 3. The van der Waals surface area contributed by atoms with E-state index >= 15 is 0 Å². The number of hydrogen-bond donors (Lipinski definition) is 3. The van der Waals surface area contributed by atoms with E-state index in [1.165, 1.54) is 0 Å². The molecule has 7 nitrogen and oxygen atoms in total. The monoisotopic (exact) mass is 460 g/mol. The predicted molar refractivity (Wildman–Crippen MR) is 121 cm³/mol. The summed E-state index contributed by atoms with van der Waals surface area (Å²) in [4.78, 5) is 37.8. The Hall–Kier alpha value is -2.77. The second-order valence-corrected chi connectivity index (χ2v) is 8.69. The van der Waals surface area contributed by atoms with Crippen LogP contribution in [-0.2, 0) is 9.59 Å². The van der Waals surface area contributed by atoms with Gasteiger partial charge in [-0.25, -0.2) is 4.79 Å². The van der Waals surface area contributed by atoms with Gasteiger partial charge in [-0.15, -0.1) is 0 Å². The molecule has 1 atom stereocenters. The molecule has 0 aromatic heterocycles. The number of halogens is 2. The highest BCUT2D eigenvalue weighted by Crippen LogP contribution is 2.34. The van der Waals surface area contributed by atoms with Gasteiger partial charge in [-0.05, 0) is 48.7 Å². The molecule has 0 bridgehead atoms. The zero-order valence-electron chi connectivity index (χ0n) is 16.9. The molecule has 4 amide bonds. The van der Waals surface area contributed by atoms with Gasteiger partial charge in [0.2, 0.25) is 11.8 Å². The lowest BCUT2D eigenvalue weighted by molar-refractivity contribution is -0.134. The minimum atomic E-state index is -0.413. The van der Waals surface area contributed by atoms with Crippen LogP contribution in [0, 0.1) is 6.92 Å². The van der Waals surface area contributed by atoms with Crippen molar-refractivity contribution in [2.75, 3.05) is 23.3 Å². The fraction of sp³-hybridized carbons (Fsp3) is 0.318. The number of amides is 4. The van der Waals surface area contributed by atoms with Gasteiger partial charge in [0.05, 0.1) is 12.0 Å². The maximum absolute atomic E-state index is 12.2. The zero-order valence-corrected chi connectivity index (χ0v) is 18.4. The fourth-order valence-electron chi connectivity index (χ4n) is 3.79. The highest BCUT2D eigenvalue weighted by molar-refractivity contribution is 6.32. The highest BCUT2D eigenvalue weighted by atomic mass is 35.5. The van der Waals surface area contributed by atoms with E-state index in [0.29, 0.717) is 41.7 Å². The summed E-state index contributed by atoms with van der Waals surface area (Å²) >= 11 is 12.5. The number of rotatable bonds is 4. The number of imide groups is 1. The molecule has 2 aromatic rings. The van der Waals surface area contributed by atoms with Crippen molar-refractivity contribution in [3.63, 3.8) is 0 Å². The van der Waals surface area contributed by atoms with Gasteiger partial charge in [0, 0.05) is 40.9 Å². The van der Waals surface area contributed by atoms with Crippen molar-refractivity contribution < 1.29 is 14.4 Å². The molecule has 162 valence electrons. The van der Waals surface area contributed by atoms with Gasteiger partial charge in [-0.1, -0.05) is 35.3 Å². The van der Waals surface area contributed by atoms with Crippen molar-refractivity contribution in [1.82, 2.24) is 10.6 Å². The van der Waals surface area contributed by atoms with Gasteiger partial charge in [-0.3, -0.25) is 14.9 Å². The minimum absolute atomic E-state index is 0.00880. The fourth-order valence-corrected chi connectivity index (χ4v) is 4.28. The normalized spacial score (nSPS) is 18.9. The van der Waals surface area contributed by atoms with Crippen LogP contribution < -0.4 is 20.9 Å². The Bertz CT molecular complexity index is 1050. The van der Waals surface area contributed by atoms with Crippen LogP contribution in [0.25, 0.3) is 0 Å². The van der Waals surface area contributed by atoms with Crippen molar-refractivity contribution >= 4 is 52.4 Å². The Kier molecular flexibility index (Phi) is 6.07. The van der Waals surface area contributed by atoms with Gasteiger partial charge in [0.15, 0.2) is 0 Å². The van der Waals surface area contributed by atoms with Crippen LogP contribution in [0.15, 0.2) is 36.4 Å². The van der Waals surface area contributed by atoms with Gasteiger partial charge in [-0.2, -0.15) is 0 Å². The van der Waals surface area contributed by atoms with Crippen LogP contribution in [0.4, 0.5) is 16.2 Å². The average Bonchev–Trinajstić information content (AvgIpc) is 2.68. The van der Waals surface area contributed by atoms with Crippen LogP contribution in [-0.4, -0.2) is 37.0 Å². The lowest BCUT2D eigenvalue weighted by Crippen LogP contribution is -2.60. The Balaban J connectivity index is 1.31. The summed E-state index contributed by atoms with van der Waals surface area (Å²) in [5.41, 5.74) is 3.23. The van der Waals surface area contributed by atoms with Crippen molar-refractivity contribution in [3.05, 3.63) is 57.6 Å². The lowest BCUT2D eigenvalue weighted by atomic mass is 9.90. The molecule has 2 saturated heterocycles. The van der Waals surface area contributed by atoms with Gasteiger partial charge in [0.1, 0.15) is 0 Å². The van der Waals surface area contributed by atoms with Crippen LogP contribution >= 0.6 is 23.2 Å². The lowest BCUT2D eigenvalue weighted by Gasteiger charge is -2.41. The number of piperidine rings is 1. The first-order chi connectivity index (χ1) is 14.8. The van der Waals surface area contributed by atoms with E-state index in [1.807, 2.05) is 31.2 Å². The van der Waals surface area contributed by atoms with E-state index in [2.05, 4.69) is 20.9 Å². The van der Waals surface area contributed by atoms with E-state index in [-0.39, 0.29) is 23.9 Å². The molecule has 2 fully saturated rings. The number of carbonyl (C=O) groups excluding carboxylic acids is 3. The number of carbonyl (C=O) groups is 3. The molecule has 0 unspecified atom stereocenters. The first kappa shape index (κ1) is 21.5. The zero-order chi connectivity index (χ0) is 22.1. The number of urea groups is 1. The third kappa shape index (κ3) is 4.78. The Morgan fingerprint density at radius 2 is 1.87 bits per heavy atom. The molecule has 3 N–H and O–H groups in total. The number of aryl methyl sites for hydroxylation is 1. The Morgan fingerprint density at radius 1 is 1.10 bits per heavy atom. The largest absolute Gasteiger partial charge is 0.367 e. The van der Waals surface area contributed by atoms with Gasteiger partial charge < -0.3 is 15.5 Å². The molecule has 2 aliphatic heterocycles. The summed E-state index contributed by atoms with van der Waals surface area (Å²) in [6.07, 6.45) is 0.769. The topological polar surface area (TPSA) is 90.5 Å². The van der Waals surface area contributed by atoms with Crippen molar-refractivity contribution in [2.24, 2.45) is 0 Å². The van der Waals surface area contributed by atoms with E-state index < -0.39 is 5.92 Å². The highest BCUT2D eigenvalue weighted by Gasteiger charge is 2.31. The minimum Gasteiger partial charge on any atom is -0.367 e. The quantitative estimate of drug-likeness (QED) is 0.604. The molecule has 4 rings (SSSR count). The first-order valence-corrected chi connectivity index (χ1v) is 10.8. The van der Waals surface area contributed by atoms with Crippen molar-refractivity contribution in [3.8, 4) is 0 Å². The summed E-state index contributed by atoms with van der Waals surface area (Å²) in [5, 5.41) is 9.18. The van der Waals surface area contributed by atoms with Gasteiger partial charge >= 0.3 is 6.03 Å². The number of anilines is 2. The van der Waals surface area contributed by atoms with Gasteiger partial charge in [0.25, 0.3) is 0 Å². The molecule has 2 heterocycles. The summed E-state index contributed by atoms with van der Waals surface area (Å²) in [6, 6.07) is 10.7. The van der Waals surface area contributed by atoms with Crippen LogP contribution in [0.1, 0.15) is 29.9 Å². The molecule has 0 spiro atoms. The first-order valence-electron chi connectivity index (χ1n) is 10.0. The molecular formula is C22H22Cl2N4O3. The predicted octanol–water partition coefficient (Wildman–Crippen LogP) is 3.83. The maximum Gasteiger partial charge on any atom is 0.319 e. The third-order valence-electron chi connectivity index (χ3n) is 5.61. The van der Waals surface area contributed by atoms with E-state index in [1.54, 1.807) is 12.1 Å². The second-order valence-electron chi connectivity index (χ2n) is 7.87. The Labute approximate surface area is 190 Å².